The zero-order valence-electron chi connectivity index (χ0n) is 22.5. The van der Waals surface area contributed by atoms with Gasteiger partial charge in [-0.15, -0.1) is 0 Å². The van der Waals surface area contributed by atoms with Crippen molar-refractivity contribution in [1.29, 1.82) is 0 Å². The monoisotopic (exact) mass is 616 g/mol. The molecule has 2 atom stereocenters. The van der Waals surface area contributed by atoms with Crippen LogP contribution in [0.4, 0.5) is 8.78 Å². The Kier molecular flexibility index (Phi) is 7.57. The first kappa shape index (κ1) is 28.8. The minimum atomic E-state index is -3.17. The van der Waals surface area contributed by atoms with Gasteiger partial charge < -0.3 is 9.80 Å². The highest BCUT2D eigenvalue weighted by atomic mass is 35.5. The van der Waals surface area contributed by atoms with Crippen molar-refractivity contribution in [2.24, 2.45) is 0 Å². The van der Waals surface area contributed by atoms with Gasteiger partial charge >= 0.3 is 0 Å². The van der Waals surface area contributed by atoms with Crippen molar-refractivity contribution in [1.82, 2.24) is 20.0 Å². The fraction of sp³-hybridized carbons (Fsp3) is 0.400. The standard InChI is InChI=1S/C30H28Cl2F2N4O4/c31-21-6-2-4-19(26(21)32)17-9-12-36(13-10-17)23-11-14-37(16-30(23,33)34)28(41)20-5-1-3-18-15-38(29(42)25(18)20)22-7-8-24(39)35-27(22)40/h1-6,9,22-23H,7-8,10-16H2,(H,35,39,40). The number of carbonyl (C=O) groups excluding carboxylic acids is 4. The van der Waals surface area contributed by atoms with E-state index in [1.54, 1.807) is 29.2 Å². The minimum absolute atomic E-state index is 0.0468. The molecule has 0 bridgehead atoms. The predicted molar refractivity (Wildman–Crippen MR) is 152 cm³/mol. The third-order valence-electron chi connectivity index (χ3n) is 8.61. The van der Waals surface area contributed by atoms with Crippen LogP contribution in [0.2, 0.25) is 10.0 Å². The van der Waals surface area contributed by atoms with Crippen LogP contribution in [-0.4, -0.2) is 82.5 Å². The number of piperidine rings is 2. The minimum Gasteiger partial charge on any atom is -0.332 e. The molecule has 2 aromatic rings. The topological polar surface area (TPSA) is 90.0 Å². The zero-order chi connectivity index (χ0) is 29.8. The van der Waals surface area contributed by atoms with Crippen LogP contribution in [0.15, 0.2) is 42.5 Å². The summed E-state index contributed by atoms with van der Waals surface area (Å²) in [6.45, 7) is 0.188. The lowest BCUT2D eigenvalue weighted by Crippen LogP contribution is -2.60. The molecule has 42 heavy (non-hydrogen) atoms. The molecule has 2 unspecified atom stereocenters. The largest absolute Gasteiger partial charge is 0.332 e. The Bertz CT molecular complexity index is 1530. The third kappa shape index (κ3) is 5.09. The van der Waals surface area contributed by atoms with E-state index in [1.807, 2.05) is 12.1 Å². The number of hydrogen-bond donors (Lipinski definition) is 1. The van der Waals surface area contributed by atoms with Gasteiger partial charge in [0, 0.05) is 32.6 Å². The molecule has 12 heteroatoms. The van der Waals surface area contributed by atoms with Crippen molar-refractivity contribution >= 4 is 52.4 Å². The number of imide groups is 1. The summed E-state index contributed by atoms with van der Waals surface area (Å²) >= 11 is 12.5. The molecule has 0 aromatic heterocycles. The van der Waals surface area contributed by atoms with E-state index in [-0.39, 0.29) is 43.5 Å². The van der Waals surface area contributed by atoms with E-state index in [0.29, 0.717) is 35.1 Å². The molecule has 220 valence electrons. The Hall–Kier alpha value is -3.34. The Labute approximate surface area is 251 Å². The summed E-state index contributed by atoms with van der Waals surface area (Å²) in [4.78, 5) is 55.1. The number of halogens is 4. The van der Waals surface area contributed by atoms with Gasteiger partial charge in [0.05, 0.1) is 33.8 Å². The summed E-state index contributed by atoms with van der Waals surface area (Å²) in [7, 11) is 0. The van der Waals surface area contributed by atoms with E-state index in [9.17, 15) is 19.2 Å². The Balaban J connectivity index is 1.15. The van der Waals surface area contributed by atoms with Crippen molar-refractivity contribution in [2.75, 3.05) is 26.2 Å². The molecule has 4 amide bonds. The summed E-state index contributed by atoms with van der Waals surface area (Å²) in [5.41, 5.74) is 2.49. The van der Waals surface area contributed by atoms with Gasteiger partial charge in [-0.25, -0.2) is 8.78 Å². The fourth-order valence-electron chi connectivity index (χ4n) is 6.48. The van der Waals surface area contributed by atoms with Gasteiger partial charge in [-0.3, -0.25) is 29.4 Å². The average molecular weight is 617 g/mol. The molecular weight excluding hydrogens is 589 g/mol. The van der Waals surface area contributed by atoms with Crippen molar-refractivity contribution in [3.05, 3.63) is 74.8 Å². The van der Waals surface area contributed by atoms with Gasteiger partial charge in [0.1, 0.15) is 6.04 Å². The number of alkyl halides is 2. The maximum Gasteiger partial charge on any atom is 0.280 e. The molecule has 6 rings (SSSR count). The van der Waals surface area contributed by atoms with E-state index in [4.69, 9.17) is 23.2 Å². The SMILES string of the molecule is O=C1CCC(N2Cc3cccc(C(=O)N4CCC(N5CC=C(c6cccc(Cl)c6Cl)CC5)C(F)(F)C4)c3C2=O)C(=O)N1. The van der Waals surface area contributed by atoms with Crippen LogP contribution in [-0.2, 0) is 16.1 Å². The summed E-state index contributed by atoms with van der Waals surface area (Å²) in [6.07, 6.45) is 2.81. The highest BCUT2D eigenvalue weighted by Gasteiger charge is 2.49. The van der Waals surface area contributed by atoms with Crippen molar-refractivity contribution in [3.8, 4) is 0 Å². The van der Waals surface area contributed by atoms with E-state index in [1.165, 1.54) is 11.0 Å². The zero-order valence-corrected chi connectivity index (χ0v) is 24.1. The molecular formula is C30H28Cl2F2N4O4. The number of hydrogen-bond acceptors (Lipinski definition) is 5. The Morgan fingerprint density at radius 2 is 1.79 bits per heavy atom. The lowest BCUT2D eigenvalue weighted by Gasteiger charge is -2.44. The van der Waals surface area contributed by atoms with Gasteiger partial charge in [-0.05, 0) is 48.1 Å². The fourth-order valence-corrected chi connectivity index (χ4v) is 6.90. The third-order valence-corrected chi connectivity index (χ3v) is 9.43. The number of benzene rings is 2. The van der Waals surface area contributed by atoms with Gasteiger partial charge in [0.2, 0.25) is 11.8 Å². The summed E-state index contributed by atoms with van der Waals surface area (Å²) in [5, 5.41) is 3.14. The Morgan fingerprint density at radius 1 is 1.00 bits per heavy atom. The first-order valence-corrected chi connectivity index (χ1v) is 14.6. The lowest BCUT2D eigenvalue weighted by atomic mass is 9.93. The van der Waals surface area contributed by atoms with Crippen LogP contribution >= 0.6 is 23.2 Å². The maximum atomic E-state index is 15.6. The molecule has 2 saturated heterocycles. The number of nitrogens with zero attached hydrogens (tertiary/aromatic N) is 3. The molecule has 4 aliphatic heterocycles. The summed E-state index contributed by atoms with van der Waals surface area (Å²) < 4.78 is 31.2. The number of nitrogens with one attached hydrogen (secondary N) is 1. The van der Waals surface area contributed by atoms with Crippen LogP contribution in [0.1, 0.15) is 57.5 Å². The lowest BCUT2D eigenvalue weighted by molar-refractivity contribution is -0.136. The van der Waals surface area contributed by atoms with Crippen LogP contribution in [0.5, 0.6) is 0 Å². The second-order valence-corrected chi connectivity index (χ2v) is 11.9. The number of carbonyl (C=O) groups is 4. The molecule has 0 radical (unpaired) electrons. The van der Waals surface area contributed by atoms with Gasteiger partial charge in [0.15, 0.2) is 0 Å². The highest BCUT2D eigenvalue weighted by Crippen LogP contribution is 2.38. The quantitative estimate of drug-likeness (QED) is 0.515. The molecule has 0 aliphatic carbocycles. The molecule has 0 spiro atoms. The highest BCUT2D eigenvalue weighted by molar-refractivity contribution is 6.43. The second-order valence-electron chi connectivity index (χ2n) is 11.1. The number of fused-ring (bicyclic) bond motifs is 1. The summed E-state index contributed by atoms with van der Waals surface area (Å²) in [6, 6.07) is 8.26. The molecule has 4 heterocycles. The first-order valence-electron chi connectivity index (χ1n) is 13.9. The molecule has 4 aliphatic rings. The number of amides is 4. The molecule has 8 nitrogen and oxygen atoms in total. The van der Waals surface area contributed by atoms with Gasteiger partial charge in [0.25, 0.3) is 17.7 Å². The van der Waals surface area contributed by atoms with Crippen LogP contribution in [0.25, 0.3) is 5.57 Å². The van der Waals surface area contributed by atoms with Crippen LogP contribution < -0.4 is 5.32 Å². The number of likely N-dealkylation sites (tertiary alicyclic amines) is 1. The van der Waals surface area contributed by atoms with Gasteiger partial charge in [-0.2, -0.15) is 0 Å². The summed E-state index contributed by atoms with van der Waals surface area (Å²) in [5.74, 6) is -5.28. The van der Waals surface area contributed by atoms with E-state index in [2.05, 4.69) is 5.32 Å². The van der Waals surface area contributed by atoms with E-state index < -0.39 is 48.2 Å². The predicted octanol–water partition coefficient (Wildman–Crippen LogP) is 4.39. The Morgan fingerprint density at radius 3 is 2.50 bits per heavy atom. The average Bonchev–Trinajstić information content (AvgIpc) is 3.30. The van der Waals surface area contributed by atoms with Crippen LogP contribution in [0.3, 0.4) is 0 Å². The smallest absolute Gasteiger partial charge is 0.280 e. The molecule has 2 aromatic carbocycles. The normalized spacial score (nSPS) is 24.4. The second kappa shape index (κ2) is 11.1. The van der Waals surface area contributed by atoms with Crippen molar-refractivity contribution in [3.63, 3.8) is 0 Å². The molecule has 2 fully saturated rings. The van der Waals surface area contributed by atoms with Crippen molar-refractivity contribution in [2.45, 2.75) is 50.2 Å². The van der Waals surface area contributed by atoms with E-state index >= 15 is 8.78 Å². The van der Waals surface area contributed by atoms with Crippen LogP contribution in [0, 0.1) is 0 Å². The maximum absolute atomic E-state index is 15.6. The number of rotatable bonds is 4. The van der Waals surface area contributed by atoms with Crippen molar-refractivity contribution < 1.29 is 28.0 Å². The van der Waals surface area contributed by atoms with Gasteiger partial charge in [-0.1, -0.05) is 53.5 Å². The van der Waals surface area contributed by atoms with E-state index in [0.717, 1.165) is 16.0 Å². The first-order chi connectivity index (χ1) is 20.0. The molecule has 0 saturated carbocycles. The molecule has 1 N–H and O–H groups in total.